The Morgan fingerprint density at radius 3 is 2.77 bits per heavy atom. The van der Waals surface area contributed by atoms with Gasteiger partial charge in [0.2, 0.25) is 0 Å². The van der Waals surface area contributed by atoms with Crippen molar-refractivity contribution in [2.75, 3.05) is 6.54 Å². The van der Waals surface area contributed by atoms with Crippen LogP contribution >= 0.6 is 11.3 Å². The van der Waals surface area contributed by atoms with Gasteiger partial charge in [-0.2, -0.15) is 0 Å². The van der Waals surface area contributed by atoms with Gasteiger partial charge >= 0.3 is 6.03 Å². The largest absolute Gasteiger partial charge is 0.391 e. The van der Waals surface area contributed by atoms with Gasteiger partial charge in [-0.3, -0.25) is 0 Å². The molecule has 2 atom stereocenters. The number of urea groups is 1. The van der Waals surface area contributed by atoms with Crippen molar-refractivity contribution in [1.29, 1.82) is 0 Å². The molecule has 0 aromatic carbocycles. The first-order chi connectivity index (χ1) is 10.4. The van der Waals surface area contributed by atoms with Gasteiger partial charge in [0.15, 0.2) is 0 Å². The zero-order valence-corrected chi connectivity index (χ0v) is 14.5. The third kappa shape index (κ3) is 4.95. The number of hydrogen-bond acceptors (Lipinski definition) is 4. The lowest BCUT2D eigenvalue weighted by Crippen LogP contribution is -2.49. The molecule has 0 spiro atoms. The fraction of sp³-hybridized carbons (Fsp3) is 0.750. The maximum Gasteiger partial charge on any atom is 0.315 e. The summed E-state index contributed by atoms with van der Waals surface area (Å²) in [5.41, 5.74) is 1.10. The first-order valence-corrected chi connectivity index (χ1v) is 8.91. The van der Waals surface area contributed by atoms with Crippen molar-refractivity contribution in [1.82, 2.24) is 15.6 Å². The van der Waals surface area contributed by atoms with E-state index in [9.17, 15) is 9.90 Å². The lowest BCUT2D eigenvalue weighted by Gasteiger charge is -2.28. The summed E-state index contributed by atoms with van der Waals surface area (Å²) in [7, 11) is 0. The topological polar surface area (TPSA) is 74.2 Å². The highest BCUT2D eigenvalue weighted by Crippen LogP contribution is 2.25. The highest BCUT2D eigenvalue weighted by atomic mass is 32.1. The summed E-state index contributed by atoms with van der Waals surface area (Å²) in [6, 6.07) is -0.308. The van der Waals surface area contributed by atoms with Crippen LogP contribution < -0.4 is 10.6 Å². The van der Waals surface area contributed by atoms with Crippen LogP contribution in [0, 0.1) is 0 Å². The number of nitrogens with zero attached hydrogens (tertiary/aromatic N) is 1. The smallest absolute Gasteiger partial charge is 0.315 e. The monoisotopic (exact) mass is 325 g/mol. The fourth-order valence-corrected chi connectivity index (χ4v) is 3.51. The van der Waals surface area contributed by atoms with E-state index in [-0.39, 0.29) is 17.5 Å². The Bertz CT molecular complexity index is 496. The molecule has 3 N–H and O–H groups in total. The minimum Gasteiger partial charge on any atom is -0.391 e. The maximum absolute atomic E-state index is 11.9. The molecular weight excluding hydrogens is 298 g/mol. The van der Waals surface area contributed by atoms with Crippen molar-refractivity contribution in [3.05, 3.63) is 16.1 Å². The molecule has 6 heteroatoms. The molecule has 2 amide bonds. The number of carbonyl (C=O) groups is 1. The Labute approximate surface area is 136 Å². The van der Waals surface area contributed by atoms with E-state index >= 15 is 0 Å². The number of aliphatic hydroxyl groups is 1. The van der Waals surface area contributed by atoms with Crippen molar-refractivity contribution >= 4 is 17.4 Å². The average Bonchev–Trinajstić information content (AvgIpc) is 2.90. The molecule has 22 heavy (non-hydrogen) atoms. The number of aliphatic hydroxyl groups excluding tert-OH is 1. The van der Waals surface area contributed by atoms with Crippen LogP contribution in [0.2, 0.25) is 0 Å². The van der Waals surface area contributed by atoms with Gasteiger partial charge in [-0.25, -0.2) is 9.78 Å². The molecule has 1 aliphatic rings. The number of rotatable bonds is 4. The molecule has 1 saturated carbocycles. The maximum atomic E-state index is 11.9. The van der Waals surface area contributed by atoms with Gasteiger partial charge in [-0.1, -0.05) is 33.6 Å². The second kappa shape index (κ2) is 7.42. The molecular formula is C16H27N3O2S. The van der Waals surface area contributed by atoms with E-state index < -0.39 is 6.10 Å². The molecule has 0 aliphatic heterocycles. The summed E-state index contributed by atoms with van der Waals surface area (Å²) < 4.78 is 0. The summed E-state index contributed by atoms with van der Waals surface area (Å²) >= 11 is 1.67. The second-order valence-corrected chi connectivity index (χ2v) is 7.86. The Hall–Kier alpha value is -1.14. The zero-order chi connectivity index (χ0) is 16.2. The van der Waals surface area contributed by atoms with Crippen LogP contribution in [-0.2, 0) is 11.8 Å². The normalized spacial score (nSPS) is 22.4. The lowest BCUT2D eigenvalue weighted by molar-refractivity contribution is 0.0943. The first-order valence-electron chi connectivity index (χ1n) is 8.03. The number of hydrogen-bond donors (Lipinski definition) is 3. The average molecular weight is 325 g/mol. The van der Waals surface area contributed by atoms with Crippen LogP contribution in [0.15, 0.2) is 5.38 Å². The molecule has 124 valence electrons. The van der Waals surface area contributed by atoms with Crippen molar-refractivity contribution in [2.45, 2.75) is 70.4 Å². The van der Waals surface area contributed by atoms with Crippen LogP contribution in [0.4, 0.5) is 4.79 Å². The van der Waals surface area contributed by atoms with Crippen LogP contribution in [0.1, 0.15) is 57.2 Å². The molecule has 1 fully saturated rings. The highest BCUT2D eigenvalue weighted by molar-refractivity contribution is 7.09. The van der Waals surface area contributed by atoms with Crippen LogP contribution in [0.5, 0.6) is 0 Å². The first kappa shape index (κ1) is 17.2. The van der Waals surface area contributed by atoms with Crippen molar-refractivity contribution in [3.63, 3.8) is 0 Å². The van der Waals surface area contributed by atoms with E-state index in [2.05, 4.69) is 41.8 Å². The summed E-state index contributed by atoms with van der Waals surface area (Å²) in [6.07, 6.45) is 4.06. The van der Waals surface area contributed by atoms with Gasteiger partial charge in [0, 0.05) is 23.8 Å². The third-order valence-electron chi connectivity index (χ3n) is 3.91. The van der Waals surface area contributed by atoms with Crippen molar-refractivity contribution in [2.24, 2.45) is 0 Å². The molecule has 5 nitrogen and oxygen atoms in total. The second-order valence-electron chi connectivity index (χ2n) is 7.00. The predicted molar refractivity (Wildman–Crippen MR) is 89.3 cm³/mol. The summed E-state index contributed by atoms with van der Waals surface area (Å²) in [5, 5.41) is 18.7. The molecule has 0 bridgehead atoms. The van der Waals surface area contributed by atoms with Crippen LogP contribution in [0.3, 0.4) is 0 Å². The van der Waals surface area contributed by atoms with Gasteiger partial charge in [-0.15, -0.1) is 11.3 Å². The Morgan fingerprint density at radius 1 is 1.41 bits per heavy atom. The SMILES string of the molecule is CC(C)(C)c1nc(CCNC(=O)NC2CCCCC2O)cs1. The number of carbonyl (C=O) groups excluding carboxylic acids is 1. The molecule has 2 rings (SSSR count). The Kier molecular flexibility index (Phi) is 5.81. The molecule has 1 aliphatic carbocycles. The van der Waals surface area contributed by atoms with E-state index in [1.165, 1.54) is 0 Å². The number of thiazole rings is 1. The fourth-order valence-electron chi connectivity index (χ4n) is 2.57. The zero-order valence-electron chi connectivity index (χ0n) is 13.7. The van der Waals surface area contributed by atoms with E-state index in [1.54, 1.807) is 11.3 Å². The third-order valence-corrected chi connectivity index (χ3v) is 5.22. The number of amides is 2. The van der Waals surface area contributed by atoms with E-state index in [0.29, 0.717) is 6.54 Å². The van der Waals surface area contributed by atoms with Gasteiger partial charge in [0.1, 0.15) is 0 Å². The molecule has 0 radical (unpaired) electrons. The minimum atomic E-state index is -0.410. The molecule has 2 unspecified atom stereocenters. The molecule has 1 aromatic rings. The van der Waals surface area contributed by atoms with Crippen LogP contribution in [-0.4, -0.2) is 34.8 Å². The Morgan fingerprint density at radius 2 is 2.14 bits per heavy atom. The number of aromatic nitrogens is 1. The van der Waals surface area contributed by atoms with Gasteiger partial charge in [-0.05, 0) is 12.8 Å². The lowest BCUT2D eigenvalue weighted by atomic mass is 9.93. The summed E-state index contributed by atoms with van der Waals surface area (Å²) in [4.78, 5) is 16.5. The van der Waals surface area contributed by atoms with E-state index in [1.807, 2.05) is 0 Å². The van der Waals surface area contributed by atoms with E-state index in [0.717, 1.165) is 42.8 Å². The van der Waals surface area contributed by atoms with Gasteiger partial charge in [0.25, 0.3) is 0 Å². The van der Waals surface area contributed by atoms with Crippen molar-refractivity contribution in [3.8, 4) is 0 Å². The van der Waals surface area contributed by atoms with Crippen molar-refractivity contribution < 1.29 is 9.90 Å². The van der Waals surface area contributed by atoms with E-state index in [4.69, 9.17) is 0 Å². The molecule has 0 saturated heterocycles. The molecule has 1 aromatic heterocycles. The van der Waals surface area contributed by atoms with Gasteiger partial charge < -0.3 is 15.7 Å². The standard InChI is InChI=1S/C16H27N3O2S/c1-16(2,3)14-18-11(10-22-14)8-9-17-15(21)19-12-6-4-5-7-13(12)20/h10,12-13,20H,4-9H2,1-3H3,(H2,17,19,21). The number of nitrogens with one attached hydrogen (secondary N) is 2. The van der Waals surface area contributed by atoms with Crippen LogP contribution in [0.25, 0.3) is 0 Å². The highest BCUT2D eigenvalue weighted by Gasteiger charge is 2.24. The molecule has 1 heterocycles. The van der Waals surface area contributed by atoms with Gasteiger partial charge in [0.05, 0.1) is 22.8 Å². The minimum absolute atomic E-state index is 0.0742. The predicted octanol–water partition coefficient (Wildman–Crippen LogP) is 2.59. The quantitative estimate of drug-likeness (QED) is 0.796. The summed E-state index contributed by atoms with van der Waals surface area (Å²) in [6.45, 7) is 7.01. The Balaban J connectivity index is 1.71. The summed E-state index contributed by atoms with van der Waals surface area (Å²) in [5.74, 6) is 0.